The molecule has 0 atom stereocenters. The molecular weight excluding hydrogens is 973 g/mol. The van der Waals surface area contributed by atoms with E-state index in [1.165, 1.54) is 121 Å². The largest absolute Gasteiger partial charge is 0.456 e. The molecule has 8 aromatic carbocycles. The van der Waals surface area contributed by atoms with Gasteiger partial charge in [0.15, 0.2) is 0 Å². The predicted molar refractivity (Wildman–Crippen MR) is 337 cm³/mol. The Bertz CT molecular complexity index is 4780. The first kappa shape index (κ1) is 48.5. The van der Waals surface area contributed by atoms with Crippen molar-refractivity contribution in [3.05, 3.63) is 237 Å². The first-order chi connectivity index (χ1) is 38.6. The van der Waals surface area contributed by atoms with Gasteiger partial charge in [-0.15, -0.1) is 0 Å². The van der Waals surface area contributed by atoms with Crippen LogP contribution >= 0.6 is 0 Å². The summed E-state index contributed by atoms with van der Waals surface area (Å²) in [5.41, 5.74) is 24.7. The molecule has 15 rings (SSSR count). The molecule has 0 N–H and O–H groups in total. The fourth-order valence-electron chi connectivity index (χ4n) is 15.3. The lowest BCUT2D eigenvalue weighted by Gasteiger charge is -2.32. The maximum Gasteiger partial charge on any atom is 0.144 e. The molecule has 4 aliphatic rings. The van der Waals surface area contributed by atoms with E-state index in [-0.39, 0.29) is 21.7 Å². The Labute approximate surface area is 468 Å². The molecule has 0 unspecified atom stereocenters. The minimum absolute atomic E-state index is 0.227. The van der Waals surface area contributed by atoms with Crippen LogP contribution in [0, 0.1) is 5.41 Å². The van der Waals surface area contributed by atoms with Gasteiger partial charge in [-0.3, -0.25) is 0 Å². The van der Waals surface area contributed by atoms with Crippen molar-refractivity contribution in [1.82, 2.24) is 4.57 Å². The monoisotopic (exact) mass is 1040 g/mol. The Morgan fingerprint density at radius 3 is 2.00 bits per heavy atom. The molecule has 0 bridgehead atoms. The van der Waals surface area contributed by atoms with Crippen LogP contribution in [0.25, 0.3) is 101 Å². The molecule has 0 fully saturated rings. The van der Waals surface area contributed by atoms with Crippen molar-refractivity contribution < 1.29 is 8.83 Å². The fourth-order valence-corrected chi connectivity index (χ4v) is 15.3. The summed E-state index contributed by atoms with van der Waals surface area (Å²) in [5, 5.41) is 8.41. The number of fused-ring (bicyclic) bond motifs is 18. The van der Waals surface area contributed by atoms with Crippen LogP contribution in [-0.2, 0) is 16.2 Å². The van der Waals surface area contributed by atoms with E-state index >= 15 is 0 Å². The Kier molecular flexibility index (Phi) is 10.3. The van der Waals surface area contributed by atoms with Crippen LogP contribution in [0.2, 0.25) is 0 Å². The van der Waals surface area contributed by atoms with E-state index in [1.807, 2.05) is 0 Å². The van der Waals surface area contributed by atoms with E-state index < -0.39 is 0 Å². The molecule has 0 aliphatic heterocycles. The van der Waals surface area contributed by atoms with Gasteiger partial charge in [0.2, 0.25) is 0 Å². The van der Waals surface area contributed by atoms with Crippen LogP contribution in [0.1, 0.15) is 109 Å². The van der Waals surface area contributed by atoms with E-state index in [1.54, 1.807) is 0 Å². The molecule has 4 nitrogen and oxygen atoms in total. The number of aromatic nitrogens is 1. The third-order valence-corrected chi connectivity index (χ3v) is 19.2. The van der Waals surface area contributed by atoms with E-state index in [9.17, 15) is 0 Å². The summed E-state index contributed by atoms with van der Waals surface area (Å²) in [7, 11) is 0. The highest BCUT2D eigenvalue weighted by Gasteiger charge is 2.49. The Hall–Kier alpha value is -8.60. The first-order valence-corrected chi connectivity index (χ1v) is 28.7. The van der Waals surface area contributed by atoms with E-state index in [0.29, 0.717) is 6.54 Å². The second kappa shape index (κ2) is 17.0. The van der Waals surface area contributed by atoms with Crippen LogP contribution in [0.4, 0.5) is 11.4 Å². The lowest BCUT2D eigenvalue weighted by molar-refractivity contribution is 0.565. The predicted octanol–water partition coefficient (Wildman–Crippen LogP) is 19.0. The zero-order valence-corrected chi connectivity index (χ0v) is 47.6. The lowest BCUT2D eigenvalue weighted by Crippen LogP contribution is -2.28. The molecule has 3 heterocycles. The summed E-state index contributed by atoms with van der Waals surface area (Å²) in [5.74, 6) is 0. The number of anilines is 2. The van der Waals surface area contributed by atoms with Crippen LogP contribution in [0.5, 0.6) is 0 Å². The SMILES string of the molecule is C/C=c1\c(=C/C)n(-c2ccccc2)c2c(N(C/C=C3\CC4=C(/C=C/c5c(ccc6oc7ccccc7c56)C(C)(C)/C=C/4)C3(C)C)c3ccc4c(c3)C(C)(C)c3c5c(c6oc7ccccc7c6c3-4)-c3ccccc3C5(C)C)cccc12. The quantitative estimate of drug-likeness (QED) is 0.161. The number of hydrogen-bond donors (Lipinski definition) is 0. The smallest absolute Gasteiger partial charge is 0.144 e. The van der Waals surface area contributed by atoms with Gasteiger partial charge in [-0.05, 0) is 130 Å². The number of allylic oxidation sites excluding steroid dienone is 6. The van der Waals surface area contributed by atoms with Crippen molar-refractivity contribution in [2.45, 2.75) is 91.9 Å². The van der Waals surface area contributed by atoms with E-state index in [4.69, 9.17) is 8.83 Å². The van der Waals surface area contributed by atoms with E-state index in [2.05, 4.69) is 273 Å². The van der Waals surface area contributed by atoms with Crippen molar-refractivity contribution in [2.24, 2.45) is 5.41 Å². The Balaban J connectivity index is 0.931. The van der Waals surface area contributed by atoms with Crippen LogP contribution in [0.3, 0.4) is 0 Å². The van der Waals surface area contributed by atoms with Crippen molar-refractivity contribution in [3.8, 4) is 27.9 Å². The summed E-state index contributed by atoms with van der Waals surface area (Å²) in [6.45, 7) is 24.4. The molecule has 4 heteroatoms. The summed E-state index contributed by atoms with van der Waals surface area (Å²) in [6, 6.07) is 55.9. The third-order valence-electron chi connectivity index (χ3n) is 19.2. The Morgan fingerprint density at radius 1 is 0.550 bits per heavy atom. The number of rotatable bonds is 5. The van der Waals surface area contributed by atoms with Crippen molar-refractivity contribution >= 4 is 84.4 Å². The van der Waals surface area contributed by atoms with Crippen LogP contribution in [-0.4, -0.2) is 11.1 Å². The summed E-state index contributed by atoms with van der Waals surface area (Å²) in [6.07, 6.45) is 17.7. The fraction of sp³-hybridized carbons (Fsp3) is 0.211. The van der Waals surface area contributed by atoms with E-state index in [0.717, 1.165) is 39.8 Å². The van der Waals surface area contributed by atoms with Crippen LogP contribution < -0.4 is 15.5 Å². The van der Waals surface area contributed by atoms with Gasteiger partial charge in [0, 0.05) is 82.6 Å². The topological polar surface area (TPSA) is 34.5 Å². The second-order valence-electron chi connectivity index (χ2n) is 25.0. The highest BCUT2D eigenvalue weighted by molar-refractivity contribution is 6.21. The van der Waals surface area contributed by atoms with Crippen molar-refractivity contribution in [3.63, 3.8) is 0 Å². The molecule has 0 saturated heterocycles. The Morgan fingerprint density at radius 2 is 1.23 bits per heavy atom. The molecule has 80 heavy (non-hydrogen) atoms. The second-order valence-corrected chi connectivity index (χ2v) is 25.0. The maximum atomic E-state index is 7.06. The number of hydrogen-bond acceptors (Lipinski definition) is 3. The first-order valence-electron chi connectivity index (χ1n) is 28.7. The molecule has 0 amide bonds. The lowest BCUT2D eigenvalue weighted by atomic mass is 9.72. The number of furan rings is 2. The molecule has 0 radical (unpaired) electrons. The van der Waals surface area contributed by atoms with Gasteiger partial charge in [0.1, 0.15) is 22.3 Å². The molecule has 4 aliphatic carbocycles. The normalized spacial score (nSPS) is 18.9. The summed E-state index contributed by atoms with van der Waals surface area (Å²) < 4.78 is 16.0. The van der Waals surface area contributed by atoms with Gasteiger partial charge in [0.05, 0.1) is 11.2 Å². The van der Waals surface area contributed by atoms with Gasteiger partial charge in [-0.1, -0.05) is 207 Å². The molecule has 11 aromatic rings. The minimum atomic E-state index is -0.350. The van der Waals surface area contributed by atoms with Gasteiger partial charge in [-0.25, -0.2) is 0 Å². The number of nitrogens with zero attached hydrogens (tertiary/aromatic N) is 2. The molecular formula is C76H66N2O2. The van der Waals surface area contributed by atoms with Crippen LogP contribution in [0.15, 0.2) is 202 Å². The summed E-state index contributed by atoms with van der Waals surface area (Å²) in [4.78, 5) is 2.61. The maximum absolute atomic E-state index is 7.06. The molecule has 0 spiro atoms. The third kappa shape index (κ3) is 6.56. The van der Waals surface area contributed by atoms with Gasteiger partial charge in [-0.2, -0.15) is 0 Å². The average molecular weight is 1040 g/mol. The van der Waals surface area contributed by atoms with Crippen molar-refractivity contribution in [2.75, 3.05) is 11.4 Å². The molecule has 0 saturated carbocycles. The zero-order chi connectivity index (χ0) is 54.8. The molecule has 3 aromatic heterocycles. The number of benzene rings is 8. The zero-order valence-electron chi connectivity index (χ0n) is 47.6. The standard InChI is InChI=1S/C76H66N2O2/c1-11-49-50-28-22-30-61(71(50)78(60(49)12-2)47-23-14-13-15-24-47)77(42-40-46-43-45-39-41-73(3,4)57-37-38-64-65(54-26-17-20-31-62(54)79-64)52(57)35-36-56(45)74(46,5)6)48-33-34-53-59(44-48)76(9,10)69-66(53)67-55-27-18-21-32-63(55)80-72(67)68-51-25-16-19-29-58(51)75(7,8)70(68)69/h11-41,44H,42-43H2,1-10H3/b36-35+,41-39+,46-40+,49-11-,60-12+. The highest BCUT2D eigenvalue weighted by Crippen LogP contribution is 2.63. The summed E-state index contributed by atoms with van der Waals surface area (Å²) >= 11 is 0. The van der Waals surface area contributed by atoms with Gasteiger partial charge < -0.3 is 18.3 Å². The molecule has 392 valence electrons. The van der Waals surface area contributed by atoms with Crippen molar-refractivity contribution in [1.29, 1.82) is 0 Å². The van der Waals surface area contributed by atoms with Gasteiger partial charge >= 0.3 is 0 Å². The highest BCUT2D eigenvalue weighted by atomic mass is 16.3. The average Bonchev–Trinajstić information content (AvgIpc) is 3.10. The number of para-hydroxylation sites is 4. The van der Waals surface area contributed by atoms with Gasteiger partial charge in [0.25, 0.3) is 0 Å². The minimum Gasteiger partial charge on any atom is -0.456 e.